The van der Waals surface area contributed by atoms with Gasteiger partial charge in [-0.15, -0.1) is 0 Å². The molecule has 0 aliphatic rings. The van der Waals surface area contributed by atoms with Crippen LogP contribution in [-0.4, -0.2) is 29.3 Å². The maximum absolute atomic E-state index is 13.3. The zero-order valence-electron chi connectivity index (χ0n) is 8.74. The number of hydrogen-bond donors (Lipinski definition) is 3. The van der Waals surface area contributed by atoms with Crippen molar-refractivity contribution >= 4 is 5.97 Å². The molecule has 0 radical (unpaired) electrons. The summed E-state index contributed by atoms with van der Waals surface area (Å²) in [6, 6.07) is 3.69. The Balaban J connectivity index is 2.63. The van der Waals surface area contributed by atoms with E-state index in [1.165, 1.54) is 12.1 Å². The Morgan fingerprint density at radius 3 is 2.81 bits per heavy atom. The van der Waals surface area contributed by atoms with Crippen molar-refractivity contribution in [1.29, 1.82) is 0 Å². The summed E-state index contributed by atoms with van der Waals surface area (Å²) < 4.78 is 13.3. The monoisotopic (exact) mass is 227 g/mol. The number of aliphatic hydroxyl groups excluding tert-OH is 1. The molecule has 1 aromatic carbocycles. The molecule has 0 saturated carbocycles. The maximum Gasteiger partial charge on any atom is 0.335 e. The topological polar surface area (TPSA) is 69.6 Å². The minimum absolute atomic E-state index is 0.0698. The molecule has 5 heteroatoms. The first-order valence-corrected chi connectivity index (χ1v) is 4.98. The van der Waals surface area contributed by atoms with Gasteiger partial charge in [-0.05, 0) is 31.2 Å². The number of aromatic carboxylic acids is 1. The van der Waals surface area contributed by atoms with Crippen molar-refractivity contribution < 1.29 is 19.4 Å². The smallest absolute Gasteiger partial charge is 0.335 e. The van der Waals surface area contributed by atoms with Gasteiger partial charge in [-0.3, -0.25) is 0 Å². The fraction of sp³-hybridized carbons (Fsp3) is 0.364. The third-order valence-electron chi connectivity index (χ3n) is 2.12. The molecular weight excluding hydrogens is 213 g/mol. The lowest BCUT2D eigenvalue weighted by molar-refractivity contribution is 0.0696. The van der Waals surface area contributed by atoms with E-state index in [0.29, 0.717) is 18.5 Å². The lowest BCUT2D eigenvalue weighted by Gasteiger charge is -2.06. The van der Waals surface area contributed by atoms with E-state index >= 15 is 0 Å². The zero-order chi connectivity index (χ0) is 12.0. The predicted molar refractivity (Wildman–Crippen MR) is 56.8 cm³/mol. The second-order valence-corrected chi connectivity index (χ2v) is 3.37. The van der Waals surface area contributed by atoms with Crippen LogP contribution in [0.25, 0.3) is 0 Å². The highest BCUT2D eigenvalue weighted by Gasteiger charge is 2.07. The number of hydrogen-bond acceptors (Lipinski definition) is 3. The van der Waals surface area contributed by atoms with Gasteiger partial charge in [0.15, 0.2) is 0 Å². The molecular formula is C11H14FNO3. The number of nitrogens with one attached hydrogen (secondary N) is 1. The standard InChI is InChI=1S/C11H14FNO3/c12-10-3-2-8(11(15)16)6-9(10)7-13-4-1-5-14/h2-3,6,13-14H,1,4-5,7H2,(H,15,16). The molecule has 0 amide bonds. The number of carboxylic acids is 1. The summed E-state index contributed by atoms with van der Waals surface area (Å²) in [5.74, 6) is -1.50. The first-order valence-electron chi connectivity index (χ1n) is 4.98. The summed E-state index contributed by atoms with van der Waals surface area (Å²) in [4.78, 5) is 10.7. The summed E-state index contributed by atoms with van der Waals surface area (Å²) in [7, 11) is 0. The van der Waals surface area contributed by atoms with Crippen LogP contribution in [0, 0.1) is 5.82 Å². The van der Waals surface area contributed by atoms with Crippen LogP contribution < -0.4 is 5.32 Å². The Bertz CT molecular complexity index is 368. The van der Waals surface area contributed by atoms with Crippen molar-refractivity contribution in [3.05, 3.63) is 35.1 Å². The molecule has 1 rings (SSSR count). The van der Waals surface area contributed by atoms with Gasteiger partial charge in [-0.2, -0.15) is 0 Å². The Morgan fingerprint density at radius 1 is 1.44 bits per heavy atom. The minimum Gasteiger partial charge on any atom is -0.478 e. The molecule has 0 aliphatic carbocycles. The van der Waals surface area contributed by atoms with Crippen molar-refractivity contribution in [3.63, 3.8) is 0 Å². The van der Waals surface area contributed by atoms with E-state index in [1.54, 1.807) is 0 Å². The molecule has 1 aromatic rings. The van der Waals surface area contributed by atoms with Crippen molar-refractivity contribution in [1.82, 2.24) is 5.32 Å². The van der Waals surface area contributed by atoms with Crippen LogP contribution in [0.15, 0.2) is 18.2 Å². The van der Waals surface area contributed by atoms with Crippen molar-refractivity contribution in [3.8, 4) is 0 Å². The molecule has 0 unspecified atom stereocenters. The van der Waals surface area contributed by atoms with E-state index in [-0.39, 0.29) is 18.7 Å². The summed E-state index contributed by atoms with van der Waals surface area (Å²) in [5, 5.41) is 20.2. The van der Waals surface area contributed by atoms with Gasteiger partial charge in [-0.25, -0.2) is 9.18 Å². The maximum atomic E-state index is 13.3. The molecule has 3 N–H and O–H groups in total. The highest BCUT2D eigenvalue weighted by molar-refractivity contribution is 5.87. The second-order valence-electron chi connectivity index (χ2n) is 3.37. The van der Waals surface area contributed by atoms with E-state index in [9.17, 15) is 9.18 Å². The van der Waals surface area contributed by atoms with E-state index in [4.69, 9.17) is 10.2 Å². The summed E-state index contributed by atoms with van der Waals surface area (Å²) in [5.41, 5.74) is 0.387. The van der Waals surface area contributed by atoms with E-state index in [0.717, 1.165) is 6.07 Å². The normalized spacial score (nSPS) is 10.4. The van der Waals surface area contributed by atoms with Gasteiger partial charge < -0.3 is 15.5 Å². The average Bonchev–Trinajstić information content (AvgIpc) is 2.26. The molecule has 0 heterocycles. The van der Waals surface area contributed by atoms with Crippen LogP contribution in [-0.2, 0) is 6.54 Å². The fourth-order valence-electron chi connectivity index (χ4n) is 1.27. The van der Waals surface area contributed by atoms with Gasteiger partial charge >= 0.3 is 5.97 Å². The highest BCUT2D eigenvalue weighted by Crippen LogP contribution is 2.10. The lowest BCUT2D eigenvalue weighted by Crippen LogP contribution is -2.17. The molecule has 16 heavy (non-hydrogen) atoms. The predicted octanol–water partition coefficient (Wildman–Crippen LogP) is 0.996. The van der Waals surface area contributed by atoms with Gasteiger partial charge in [0, 0.05) is 18.7 Å². The molecule has 0 fully saturated rings. The third kappa shape index (κ3) is 3.60. The molecule has 0 bridgehead atoms. The average molecular weight is 227 g/mol. The van der Waals surface area contributed by atoms with Crippen LogP contribution in [0.4, 0.5) is 4.39 Å². The second kappa shape index (κ2) is 6.19. The van der Waals surface area contributed by atoms with Crippen molar-refractivity contribution in [2.45, 2.75) is 13.0 Å². The van der Waals surface area contributed by atoms with Crippen LogP contribution >= 0.6 is 0 Å². The molecule has 0 aromatic heterocycles. The summed E-state index contributed by atoms with van der Waals surface area (Å²) in [6.45, 7) is 0.894. The largest absolute Gasteiger partial charge is 0.478 e. The Labute approximate surface area is 92.7 Å². The molecule has 0 saturated heterocycles. The van der Waals surface area contributed by atoms with Crippen LogP contribution in [0.1, 0.15) is 22.3 Å². The van der Waals surface area contributed by atoms with E-state index in [2.05, 4.69) is 5.32 Å². The third-order valence-corrected chi connectivity index (χ3v) is 2.12. The Morgan fingerprint density at radius 2 is 2.19 bits per heavy atom. The number of benzene rings is 1. The number of carboxylic acid groups (broad SMARTS) is 1. The molecule has 0 spiro atoms. The Kier molecular flexibility index (Phi) is 4.88. The number of halogens is 1. The van der Waals surface area contributed by atoms with Gasteiger partial charge in [0.25, 0.3) is 0 Å². The zero-order valence-corrected chi connectivity index (χ0v) is 8.74. The summed E-state index contributed by atoms with van der Waals surface area (Å²) in [6.07, 6.45) is 0.584. The van der Waals surface area contributed by atoms with E-state index < -0.39 is 11.8 Å². The number of aliphatic hydroxyl groups is 1. The minimum atomic E-state index is -1.07. The van der Waals surface area contributed by atoms with Gasteiger partial charge in [0.1, 0.15) is 5.82 Å². The van der Waals surface area contributed by atoms with Crippen molar-refractivity contribution in [2.75, 3.05) is 13.2 Å². The summed E-state index contributed by atoms with van der Waals surface area (Å²) >= 11 is 0. The van der Waals surface area contributed by atoms with Crippen LogP contribution in [0.2, 0.25) is 0 Å². The van der Waals surface area contributed by atoms with Crippen LogP contribution in [0.5, 0.6) is 0 Å². The number of carbonyl (C=O) groups is 1. The fourth-order valence-corrected chi connectivity index (χ4v) is 1.27. The SMILES string of the molecule is O=C(O)c1ccc(F)c(CNCCCO)c1. The van der Waals surface area contributed by atoms with Gasteiger partial charge in [0.05, 0.1) is 5.56 Å². The highest BCUT2D eigenvalue weighted by atomic mass is 19.1. The van der Waals surface area contributed by atoms with E-state index in [1.807, 2.05) is 0 Å². The molecule has 0 atom stereocenters. The van der Waals surface area contributed by atoms with Crippen LogP contribution in [0.3, 0.4) is 0 Å². The van der Waals surface area contributed by atoms with Gasteiger partial charge in [0.2, 0.25) is 0 Å². The molecule has 88 valence electrons. The molecule has 4 nitrogen and oxygen atoms in total. The first-order chi connectivity index (χ1) is 7.65. The Hall–Kier alpha value is -1.46. The number of rotatable bonds is 6. The van der Waals surface area contributed by atoms with Crippen molar-refractivity contribution in [2.24, 2.45) is 0 Å². The van der Waals surface area contributed by atoms with Gasteiger partial charge in [-0.1, -0.05) is 0 Å². The molecule has 0 aliphatic heterocycles. The first kappa shape index (κ1) is 12.6. The lowest BCUT2D eigenvalue weighted by atomic mass is 10.1. The quantitative estimate of drug-likeness (QED) is 0.634.